The number of hydrogen-bond acceptors (Lipinski definition) is 4. The maximum atomic E-state index is 13.5. The number of esters is 2. The Balaban J connectivity index is 2.73. The summed E-state index contributed by atoms with van der Waals surface area (Å²) < 4.78 is 112. The molecule has 0 bridgehead atoms. The highest BCUT2D eigenvalue weighted by Crippen LogP contribution is 2.48. The number of carbonyl (C=O) groups excluding carboxylic acids is 2. The molecule has 0 aliphatic carbocycles. The van der Waals surface area contributed by atoms with Crippen molar-refractivity contribution >= 4 is 11.9 Å². The van der Waals surface area contributed by atoms with Gasteiger partial charge in [-0.3, -0.25) is 0 Å². The van der Waals surface area contributed by atoms with Gasteiger partial charge in [0.2, 0.25) is 0 Å². The van der Waals surface area contributed by atoms with Crippen LogP contribution in [0.3, 0.4) is 0 Å². The molecule has 1 aromatic rings. The average molecular weight is 478 g/mol. The molecule has 0 spiro atoms. The Kier molecular flexibility index (Phi) is 9.90. The van der Waals surface area contributed by atoms with E-state index in [-0.39, 0.29) is 12.2 Å². The summed E-state index contributed by atoms with van der Waals surface area (Å²) in [5.74, 6) is -21.1. The van der Waals surface area contributed by atoms with Gasteiger partial charge in [0.1, 0.15) is 0 Å². The summed E-state index contributed by atoms with van der Waals surface area (Å²) in [6.07, 6.45) is -0.628. The quantitative estimate of drug-likeness (QED) is 0.194. The van der Waals surface area contributed by atoms with Crippen LogP contribution in [0.2, 0.25) is 0 Å². The minimum atomic E-state index is -6.49. The standard InChI is InChI=1S/C20H22F8O4/c1-2-3-4-5-6-10-31-15(29)13-8-7-9-14(11-13)16(30)32-12-18(23,24)20(27,28)19(25,26)17(21)22/h7-9,11,17H,2-6,10,12H2,1H3. The second-order valence-electron chi connectivity index (χ2n) is 6.91. The van der Waals surface area contributed by atoms with Crippen molar-refractivity contribution in [3.63, 3.8) is 0 Å². The summed E-state index contributed by atoms with van der Waals surface area (Å²) in [5.41, 5.74) is -0.712. The van der Waals surface area contributed by atoms with Gasteiger partial charge in [-0.05, 0) is 24.6 Å². The molecule has 12 heteroatoms. The maximum absolute atomic E-state index is 13.5. The van der Waals surface area contributed by atoms with Gasteiger partial charge in [-0.15, -0.1) is 0 Å². The van der Waals surface area contributed by atoms with Crippen LogP contribution in [0.4, 0.5) is 35.1 Å². The van der Waals surface area contributed by atoms with Crippen molar-refractivity contribution in [1.82, 2.24) is 0 Å². The van der Waals surface area contributed by atoms with E-state index < -0.39 is 48.3 Å². The van der Waals surface area contributed by atoms with E-state index >= 15 is 0 Å². The van der Waals surface area contributed by atoms with Gasteiger partial charge in [0.15, 0.2) is 6.61 Å². The lowest BCUT2D eigenvalue weighted by Crippen LogP contribution is -2.59. The molecule has 32 heavy (non-hydrogen) atoms. The van der Waals surface area contributed by atoms with Crippen LogP contribution >= 0.6 is 0 Å². The molecular formula is C20H22F8O4. The van der Waals surface area contributed by atoms with Crippen molar-refractivity contribution in [3.05, 3.63) is 35.4 Å². The van der Waals surface area contributed by atoms with Gasteiger partial charge in [-0.2, -0.15) is 26.3 Å². The minimum absolute atomic E-state index is 0.0941. The van der Waals surface area contributed by atoms with Gasteiger partial charge in [0.25, 0.3) is 0 Å². The SMILES string of the molecule is CCCCCCCOC(=O)c1cccc(C(=O)OCC(F)(F)C(F)(F)C(F)(F)C(F)F)c1. The van der Waals surface area contributed by atoms with E-state index in [1.165, 1.54) is 6.07 Å². The summed E-state index contributed by atoms with van der Waals surface area (Å²) >= 11 is 0. The van der Waals surface area contributed by atoms with Crippen molar-refractivity contribution in [2.24, 2.45) is 0 Å². The zero-order chi connectivity index (χ0) is 24.6. The largest absolute Gasteiger partial charge is 0.462 e. The molecule has 0 saturated carbocycles. The van der Waals surface area contributed by atoms with Crippen LogP contribution < -0.4 is 0 Å². The van der Waals surface area contributed by atoms with Gasteiger partial charge >= 0.3 is 36.1 Å². The molecule has 0 amide bonds. The second-order valence-corrected chi connectivity index (χ2v) is 6.91. The predicted octanol–water partition coefficient (Wildman–Crippen LogP) is 6.14. The van der Waals surface area contributed by atoms with E-state index in [1.807, 2.05) is 6.92 Å². The molecule has 0 radical (unpaired) electrons. The van der Waals surface area contributed by atoms with E-state index in [0.717, 1.165) is 43.9 Å². The Morgan fingerprint density at radius 1 is 0.875 bits per heavy atom. The highest BCUT2D eigenvalue weighted by molar-refractivity contribution is 5.95. The Labute approximate surface area is 178 Å². The fourth-order valence-corrected chi connectivity index (χ4v) is 2.44. The molecule has 0 N–H and O–H groups in total. The number of alkyl halides is 8. The zero-order valence-electron chi connectivity index (χ0n) is 17.0. The lowest BCUT2D eigenvalue weighted by molar-refractivity contribution is -0.343. The van der Waals surface area contributed by atoms with Gasteiger partial charge < -0.3 is 9.47 Å². The summed E-state index contributed by atoms with van der Waals surface area (Å²) in [6.45, 7) is -0.464. The van der Waals surface area contributed by atoms with E-state index in [1.54, 1.807) is 0 Å². The fraction of sp³-hybridized carbons (Fsp3) is 0.600. The molecule has 0 saturated heterocycles. The predicted molar refractivity (Wildman–Crippen MR) is 96.6 cm³/mol. The highest BCUT2D eigenvalue weighted by Gasteiger charge is 2.75. The lowest BCUT2D eigenvalue weighted by atomic mass is 10.1. The van der Waals surface area contributed by atoms with Gasteiger partial charge in [0.05, 0.1) is 17.7 Å². The first-order valence-corrected chi connectivity index (χ1v) is 9.63. The van der Waals surface area contributed by atoms with Gasteiger partial charge in [-0.1, -0.05) is 38.7 Å². The number of unbranched alkanes of at least 4 members (excludes halogenated alkanes) is 4. The molecule has 4 nitrogen and oxygen atoms in total. The molecule has 1 aromatic carbocycles. The number of hydrogen-bond donors (Lipinski definition) is 0. The smallest absolute Gasteiger partial charge is 0.381 e. The van der Waals surface area contributed by atoms with Crippen LogP contribution in [0.1, 0.15) is 59.7 Å². The number of carbonyl (C=O) groups is 2. The molecular weight excluding hydrogens is 456 g/mol. The molecule has 0 atom stereocenters. The molecule has 0 fully saturated rings. The highest BCUT2D eigenvalue weighted by atomic mass is 19.4. The van der Waals surface area contributed by atoms with Crippen molar-refractivity contribution in [3.8, 4) is 0 Å². The average Bonchev–Trinajstić information content (AvgIpc) is 2.74. The van der Waals surface area contributed by atoms with E-state index in [4.69, 9.17) is 4.74 Å². The number of halogens is 8. The van der Waals surface area contributed by atoms with Crippen LogP contribution in [0.5, 0.6) is 0 Å². The third-order valence-electron chi connectivity index (χ3n) is 4.35. The van der Waals surface area contributed by atoms with E-state index in [0.29, 0.717) is 6.42 Å². The topological polar surface area (TPSA) is 52.6 Å². The maximum Gasteiger partial charge on any atom is 0.381 e. The molecule has 0 heterocycles. The minimum Gasteiger partial charge on any atom is -0.462 e. The number of rotatable bonds is 13. The summed E-state index contributed by atoms with van der Waals surface area (Å²) in [5, 5.41) is 0. The van der Waals surface area contributed by atoms with Crippen molar-refractivity contribution in [1.29, 1.82) is 0 Å². The monoisotopic (exact) mass is 478 g/mol. The molecule has 0 aromatic heterocycles. The molecule has 1 rings (SSSR count). The van der Waals surface area contributed by atoms with Crippen LogP contribution in [-0.4, -0.2) is 49.3 Å². The zero-order valence-corrected chi connectivity index (χ0v) is 17.0. The van der Waals surface area contributed by atoms with E-state index in [2.05, 4.69) is 4.74 Å². The third kappa shape index (κ3) is 6.80. The van der Waals surface area contributed by atoms with Crippen molar-refractivity contribution in [2.45, 2.75) is 63.2 Å². The molecule has 0 aliphatic heterocycles. The van der Waals surface area contributed by atoms with Gasteiger partial charge in [0, 0.05) is 0 Å². The van der Waals surface area contributed by atoms with Crippen molar-refractivity contribution < 1.29 is 54.2 Å². The Hall–Kier alpha value is -2.40. The summed E-state index contributed by atoms with van der Waals surface area (Å²) in [4.78, 5) is 23.8. The van der Waals surface area contributed by atoms with Crippen LogP contribution in [0.15, 0.2) is 24.3 Å². The Morgan fingerprint density at radius 3 is 1.94 bits per heavy atom. The Bertz CT molecular complexity index is 768. The number of benzene rings is 1. The van der Waals surface area contributed by atoms with Crippen LogP contribution in [-0.2, 0) is 9.47 Å². The first-order valence-electron chi connectivity index (χ1n) is 9.63. The normalized spacial score (nSPS) is 12.7. The van der Waals surface area contributed by atoms with Crippen molar-refractivity contribution in [2.75, 3.05) is 13.2 Å². The molecule has 0 aliphatic rings. The lowest BCUT2D eigenvalue weighted by Gasteiger charge is -2.31. The summed E-state index contributed by atoms with van der Waals surface area (Å²) in [7, 11) is 0. The fourth-order valence-electron chi connectivity index (χ4n) is 2.44. The third-order valence-corrected chi connectivity index (χ3v) is 4.35. The first kappa shape index (κ1) is 27.6. The number of ether oxygens (including phenoxy) is 2. The van der Waals surface area contributed by atoms with E-state index in [9.17, 15) is 44.7 Å². The summed E-state index contributed by atoms with van der Waals surface area (Å²) in [6, 6.07) is 4.22. The second kappa shape index (κ2) is 11.5. The van der Waals surface area contributed by atoms with Crippen LogP contribution in [0, 0.1) is 0 Å². The first-order chi connectivity index (χ1) is 14.8. The van der Waals surface area contributed by atoms with Gasteiger partial charge in [-0.25, -0.2) is 18.4 Å². The van der Waals surface area contributed by atoms with Crippen LogP contribution in [0.25, 0.3) is 0 Å². The molecule has 182 valence electrons. The Morgan fingerprint density at radius 2 is 1.41 bits per heavy atom. The molecule has 0 unspecified atom stereocenters.